The van der Waals surface area contributed by atoms with Gasteiger partial charge in [-0.15, -0.1) is 0 Å². The molecule has 2 bridgehead atoms. The molecule has 0 heterocycles. The van der Waals surface area contributed by atoms with Crippen molar-refractivity contribution >= 4 is 5.57 Å². The van der Waals surface area contributed by atoms with Crippen LogP contribution in [0, 0.1) is 23.2 Å². The molecule has 0 spiro atoms. The maximum absolute atomic E-state index is 6.92. The van der Waals surface area contributed by atoms with Crippen molar-refractivity contribution < 1.29 is 4.74 Å². The smallest absolute Gasteiger partial charge is 0.105 e. The third-order valence-electron chi connectivity index (χ3n) is 18.4. The van der Waals surface area contributed by atoms with E-state index < -0.39 is 0 Å². The highest BCUT2D eigenvalue weighted by atomic mass is 16.5. The van der Waals surface area contributed by atoms with Gasteiger partial charge in [0.2, 0.25) is 0 Å². The number of rotatable bonds is 24. The number of ether oxygens (including phenoxy) is 1. The number of benzene rings is 4. The molecule has 69 heavy (non-hydrogen) atoms. The third kappa shape index (κ3) is 8.51. The van der Waals surface area contributed by atoms with Crippen LogP contribution < -0.4 is 0 Å². The third-order valence-corrected chi connectivity index (χ3v) is 18.4. The van der Waals surface area contributed by atoms with Gasteiger partial charge in [0.25, 0.3) is 0 Å². The zero-order chi connectivity index (χ0) is 48.1. The maximum Gasteiger partial charge on any atom is 0.105 e. The van der Waals surface area contributed by atoms with Crippen molar-refractivity contribution in [3.8, 4) is 34.1 Å². The summed E-state index contributed by atoms with van der Waals surface area (Å²) in [4.78, 5) is 2.53. The second-order valence-corrected chi connectivity index (χ2v) is 22.4. The van der Waals surface area contributed by atoms with Gasteiger partial charge < -0.3 is 4.74 Å². The van der Waals surface area contributed by atoms with Crippen molar-refractivity contribution in [2.75, 3.05) is 20.7 Å². The Hall–Kier alpha value is -4.32. The van der Waals surface area contributed by atoms with Gasteiger partial charge in [-0.3, -0.25) is 4.90 Å². The van der Waals surface area contributed by atoms with Crippen molar-refractivity contribution in [1.82, 2.24) is 4.90 Å². The van der Waals surface area contributed by atoms with Gasteiger partial charge in [-0.2, -0.15) is 0 Å². The minimum atomic E-state index is -0.331. The Balaban J connectivity index is 1.23. The molecule has 5 aliphatic carbocycles. The van der Waals surface area contributed by atoms with Crippen molar-refractivity contribution in [2.24, 2.45) is 11.3 Å². The van der Waals surface area contributed by atoms with E-state index in [1.807, 2.05) is 0 Å². The molecule has 0 amide bonds. The fourth-order valence-corrected chi connectivity index (χ4v) is 15.2. The summed E-state index contributed by atoms with van der Waals surface area (Å²) >= 11 is 0. The zero-order valence-electron chi connectivity index (χ0n) is 44.3. The molecule has 0 saturated heterocycles. The van der Waals surface area contributed by atoms with E-state index in [0.717, 1.165) is 12.0 Å². The molecule has 0 unspecified atom stereocenters. The van der Waals surface area contributed by atoms with Crippen LogP contribution in [0.2, 0.25) is 0 Å². The summed E-state index contributed by atoms with van der Waals surface area (Å²) in [6.45, 7) is 12.3. The number of allylic oxidation sites excluding steroid dienone is 1. The molecule has 0 aliphatic heterocycles. The quantitative estimate of drug-likeness (QED) is 0.0513. The number of hydrogen-bond acceptors (Lipinski definition) is 2. The van der Waals surface area contributed by atoms with E-state index in [9.17, 15) is 0 Å². The molecule has 2 heteroatoms. The van der Waals surface area contributed by atoms with Gasteiger partial charge in [0, 0.05) is 27.9 Å². The van der Waals surface area contributed by atoms with Crippen molar-refractivity contribution in [2.45, 2.75) is 205 Å². The highest BCUT2D eigenvalue weighted by Gasteiger charge is 2.69. The van der Waals surface area contributed by atoms with E-state index in [-0.39, 0.29) is 21.8 Å². The van der Waals surface area contributed by atoms with E-state index >= 15 is 0 Å². The van der Waals surface area contributed by atoms with Gasteiger partial charge in [-0.25, -0.2) is 0 Å². The minimum absolute atomic E-state index is 0.0243. The van der Waals surface area contributed by atoms with E-state index in [1.54, 1.807) is 16.7 Å². The molecule has 0 radical (unpaired) electrons. The summed E-state index contributed by atoms with van der Waals surface area (Å²) in [6.07, 6.45) is 32.9. The van der Waals surface area contributed by atoms with Crippen molar-refractivity contribution in [3.63, 3.8) is 0 Å². The molecule has 1 saturated carbocycles. The lowest BCUT2D eigenvalue weighted by atomic mass is 9.63. The van der Waals surface area contributed by atoms with E-state index in [0.29, 0.717) is 12.5 Å². The summed E-state index contributed by atoms with van der Waals surface area (Å²) in [7, 11) is 4.65. The summed E-state index contributed by atoms with van der Waals surface area (Å²) in [5.74, 6) is 9.77. The average Bonchev–Trinajstić information content (AvgIpc) is 4.01. The molecule has 3 atom stereocenters. The van der Waals surface area contributed by atoms with Crippen LogP contribution in [0.25, 0.3) is 27.8 Å². The lowest BCUT2D eigenvalue weighted by molar-refractivity contribution is 0.0771. The Morgan fingerprint density at radius 2 is 1.04 bits per heavy atom. The van der Waals surface area contributed by atoms with Gasteiger partial charge in [-0.1, -0.05) is 222 Å². The molecule has 1 fully saturated rings. The zero-order valence-corrected chi connectivity index (χ0v) is 44.3. The number of likely N-dealkylation sites (N-methyl/N-ethyl adjacent to an activating group) is 1. The first kappa shape index (κ1) is 49.7. The number of nitrogens with zero attached hydrogens (tertiary/aromatic N) is 1. The van der Waals surface area contributed by atoms with Crippen LogP contribution in [0.5, 0.6) is 0 Å². The van der Waals surface area contributed by atoms with Gasteiger partial charge in [0.15, 0.2) is 0 Å². The van der Waals surface area contributed by atoms with Crippen molar-refractivity contribution in [1.29, 1.82) is 0 Å². The highest BCUT2D eigenvalue weighted by Crippen LogP contribution is 2.72. The molecule has 2 nitrogen and oxygen atoms in total. The van der Waals surface area contributed by atoms with Gasteiger partial charge in [-0.05, 0) is 139 Å². The second-order valence-electron chi connectivity index (χ2n) is 22.4. The molecule has 4 aromatic rings. The molecule has 5 aliphatic rings. The average molecular weight is 922 g/mol. The summed E-state index contributed by atoms with van der Waals surface area (Å²) in [5, 5.41) is 0. The number of unbranched alkanes of at least 4 members (excludes halogenated alkanes) is 12. The highest BCUT2D eigenvalue weighted by molar-refractivity contribution is 5.91. The van der Waals surface area contributed by atoms with Crippen LogP contribution in [0.1, 0.15) is 222 Å². The molecule has 4 aromatic carbocycles. The lowest BCUT2D eigenvalue weighted by Crippen LogP contribution is -2.48. The van der Waals surface area contributed by atoms with Crippen LogP contribution in [-0.2, 0) is 15.6 Å². The Morgan fingerprint density at radius 1 is 0.536 bits per heavy atom. The van der Waals surface area contributed by atoms with Crippen LogP contribution in [0.15, 0.2) is 102 Å². The number of hydrogen-bond donors (Lipinski definition) is 0. The van der Waals surface area contributed by atoms with Gasteiger partial charge >= 0.3 is 0 Å². The van der Waals surface area contributed by atoms with Crippen molar-refractivity contribution in [3.05, 3.63) is 136 Å². The Labute approximate surface area is 420 Å². The maximum atomic E-state index is 6.92. The number of fused-ring (bicyclic) bond motifs is 6. The topological polar surface area (TPSA) is 12.5 Å². The lowest BCUT2D eigenvalue weighted by Gasteiger charge is -2.44. The molecule has 0 aromatic heterocycles. The minimum Gasteiger partial charge on any atom is -0.498 e. The predicted molar refractivity (Wildman–Crippen MR) is 295 cm³/mol. The van der Waals surface area contributed by atoms with Gasteiger partial charge in [0.1, 0.15) is 5.76 Å². The molecular weight excluding hydrogens is 835 g/mol. The largest absolute Gasteiger partial charge is 0.498 e. The summed E-state index contributed by atoms with van der Waals surface area (Å²) in [5.41, 5.74) is 16.9. The van der Waals surface area contributed by atoms with Crippen LogP contribution in [0.4, 0.5) is 0 Å². The molecule has 366 valence electrons. The first-order valence-corrected chi connectivity index (χ1v) is 28.6. The van der Waals surface area contributed by atoms with E-state index in [1.165, 1.54) is 198 Å². The Bertz CT molecular complexity index is 2530. The monoisotopic (exact) mass is 922 g/mol. The second kappa shape index (κ2) is 21.6. The predicted octanol–water partition coefficient (Wildman–Crippen LogP) is 18.3. The fourth-order valence-electron chi connectivity index (χ4n) is 15.2. The van der Waals surface area contributed by atoms with Crippen LogP contribution in [0.3, 0.4) is 0 Å². The Morgan fingerprint density at radius 3 is 1.57 bits per heavy atom. The first-order valence-electron chi connectivity index (χ1n) is 28.6. The van der Waals surface area contributed by atoms with Gasteiger partial charge in [0.05, 0.1) is 17.6 Å². The molecule has 0 N–H and O–H groups in total. The molecular formula is C67H87NO. The molecule has 9 rings (SSSR count). The van der Waals surface area contributed by atoms with E-state index in [4.69, 9.17) is 4.74 Å². The van der Waals surface area contributed by atoms with E-state index in [2.05, 4.69) is 156 Å². The Kier molecular flexibility index (Phi) is 15.5. The SMILES string of the molecule is CCCCCCC1(CCCCCC)c2ccccc2-c2ccc(C#CC3=C(c4ccc5c(c4)C(CCCCCC)(CCCCCC)c4ccccc4-5)[C@]45CCCC[C@H]4[C@@]3(N(C)C)C=C5OCC)cc21. The fraction of sp³-hybridized carbons (Fsp3) is 0.552. The standard InChI is InChI=1S/C67H87NO/c1-8-13-17-26-42-64(43-27-18-14-9-2)56-33-23-21-31-52(56)54-39-36-50(47-59(54)64)37-41-58-63(66-46-30-25-35-61(66)67(58,68(6)7)49-62(66)69-12-5)51-38-40-55-53-32-22-24-34-57(53)65(60(55)48-51,44-28-19-15-10-3)45-29-20-16-11-4/h21-24,31-34,36,38-40,47-49,61H,8-20,25-30,35,42-46H2,1-7H3/t61-,66-,67-/m1/s1. The summed E-state index contributed by atoms with van der Waals surface area (Å²) < 4.78 is 6.92. The normalized spacial score (nSPS) is 21.9. The van der Waals surface area contributed by atoms with Crippen LogP contribution >= 0.6 is 0 Å². The first-order chi connectivity index (χ1) is 33.8. The summed E-state index contributed by atoms with van der Waals surface area (Å²) in [6, 6.07) is 34.1. The van der Waals surface area contributed by atoms with Crippen LogP contribution in [-0.4, -0.2) is 31.1 Å².